The van der Waals surface area contributed by atoms with E-state index in [4.69, 9.17) is 42.6 Å². The van der Waals surface area contributed by atoms with Gasteiger partial charge >= 0.3 is 36.6 Å². The Labute approximate surface area is 398 Å². The second kappa shape index (κ2) is 25.3. The lowest BCUT2D eigenvalue weighted by atomic mass is 9.78. The van der Waals surface area contributed by atoms with Gasteiger partial charge in [-0.25, -0.2) is 28.8 Å². The van der Waals surface area contributed by atoms with Gasteiger partial charge in [0.25, 0.3) is 0 Å². The van der Waals surface area contributed by atoms with Crippen LogP contribution in [0.2, 0.25) is 0 Å². The summed E-state index contributed by atoms with van der Waals surface area (Å²) in [5, 5.41) is 0. The normalized spacial score (nSPS) is 11.4. The van der Waals surface area contributed by atoms with Crippen LogP contribution in [0.3, 0.4) is 0 Å². The Balaban J connectivity index is 0.000000323. The average molecular weight is 943 g/mol. The highest BCUT2D eigenvalue weighted by molar-refractivity contribution is 5.78. The highest BCUT2D eigenvalue weighted by Gasteiger charge is 2.25. The van der Waals surface area contributed by atoms with Gasteiger partial charge in [-0.05, 0) is 104 Å². The molecule has 0 amide bonds. The Kier molecular flexibility index (Phi) is 18.8. The minimum Gasteiger partial charge on any atom is -0.458 e. The Morgan fingerprint density at radius 1 is 0.420 bits per heavy atom. The molecular weight excluding hydrogens is 893 g/mol. The molecule has 0 heterocycles. The minimum absolute atomic E-state index is 0.0981. The fourth-order valence-electron chi connectivity index (χ4n) is 5.88. The van der Waals surface area contributed by atoms with E-state index in [9.17, 15) is 28.8 Å². The molecule has 358 valence electrons. The molecule has 6 aromatic carbocycles. The Morgan fingerprint density at radius 3 is 1.12 bits per heavy atom. The van der Waals surface area contributed by atoms with Crippen LogP contribution in [0.1, 0.15) is 55.5 Å². The van der Waals surface area contributed by atoms with Gasteiger partial charge in [0.05, 0.1) is 7.11 Å². The maximum absolute atomic E-state index is 12.4. The van der Waals surface area contributed by atoms with Crippen LogP contribution < -0.4 is 23.7 Å². The van der Waals surface area contributed by atoms with E-state index >= 15 is 0 Å². The van der Waals surface area contributed by atoms with Gasteiger partial charge in [0.2, 0.25) is 0 Å². The maximum Gasteiger partial charge on any atom is 0.519 e. The lowest BCUT2D eigenvalue weighted by Crippen LogP contribution is -2.27. The molecule has 16 nitrogen and oxygen atoms in total. The number of hydrogen-bond donors (Lipinski definition) is 0. The number of methoxy groups -OCH3 is 1. The monoisotopic (exact) mass is 942 g/mol. The predicted molar refractivity (Wildman–Crippen MR) is 248 cm³/mol. The van der Waals surface area contributed by atoms with Gasteiger partial charge in [0.15, 0.2) is 12.2 Å². The van der Waals surface area contributed by atoms with Gasteiger partial charge in [-0.2, -0.15) is 0 Å². The number of benzene rings is 6. The molecule has 0 N–H and O–H groups in total. The average Bonchev–Trinajstić information content (AvgIpc) is 3.34. The van der Waals surface area contributed by atoms with E-state index < -0.39 is 54.2 Å². The van der Waals surface area contributed by atoms with Gasteiger partial charge in [0.1, 0.15) is 42.0 Å². The first-order valence-corrected chi connectivity index (χ1v) is 21.3. The van der Waals surface area contributed by atoms with Crippen molar-refractivity contribution in [1.29, 1.82) is 0 Å². The third-order valence-corrected chi connectivity index (χ3v) is 9.83. The zero-order valence-electron chi connectivity index (χ0n) is 38.6. The second-order valence-electron chi connectivity index (χ2n) is 15.4. The van der Waals surface area contributed by atoms with E-state index in [0.717, 1.165) is 22.3 Å². The highest BCUT2D eigenvalue weighted by Crippen LogP contribution is 2.33. The standard InChI is InChI=1S/C35H32O11.C18H18O5/c1-23(42-33(38)44-27-8-6-5-7-9-27)31(36)41-22-24-10-16-28(17-11-24)45-34(39)46-30-20-14-26(15-21-30)35(2,3)25-12-18-29(19-13-25)43-32(37)40-4;1-13-8-10-15(11-9-13)12-21-17(19)14(2)22-18(20)23-16-6-4-3-5-7-16/h5-21,23H,22H2,1-4H3;3-11,14H,12H2,1-2H3. The molecule has 16 heteroatoms. The lowest BCUT2D eigenvalue weighted by molar-refractivity contribution is -0.155. The summed E-state index contributed by atoms with van der Waals surface area (Å²) in [4.78, 5) is 71.2. The largest absolute Gasteiger partial charge is 0.519 e. The van der Waals surface area contributed by atoms with Crippen LogP contribution in [0.4, 0.5) is 19.2 Å². The molecule has 0 fully saturated rings. The number of carbonyl (C=O) groups is 6. The van der Waals surface area contributed by atoms with E-state index in [1.165, 1.54) is 33.1 Å². The number of esters is 2. The summed E-state index contributed by atoms with van der Waals surface area (Å²) >= 11 is 0. The zero-order valence-corrected chi connectivity index (χ0v) is 38.6. The quantitative estimate of drug-likeness (QED) is 0.0535. The summed E-state index contributed by atoms with van der Waals surface area (Å²) in [7, 11) is 1.24. The van der Waals surface area contributed by atoms with Crippen molar-refractivity contribution in [2.24, 2.45) is 0 Å². The van der Waals surface area contributed by atoms with Gasteiger partial charge < -0.3 is 47.4 Å². The topological polar surface area (TPSA) is 195 Å². The third-order valence-electron chi connectivity index (χ3n) is 9.83. The van der Waals surface area contributed by atoms with Crippen molar-refractivity contribution in [3.8, 4) is 28.7 Å². The molecular formula is C53H50O16. The van der Waals surface area contributed by atoms with Crippen molar-refractivity contribution in [2.75, 3.05) is 7.11 Å². The number of hydrogen-bond acceptors (Lipinski definition) is 16. The van der Waals surface area contributed by atoms with Crippen LogP contribution in [-0.4, -0.2) is 55.9 Å². The van der Waals surface area contributed by atoms with Crippen LogP contribution >= 0.6 is 0 Å². The summed E-state index contributed by atoms with van der Waals surface area (Å²) in [6.45, 7) is 8.88. The van der Waals surface area contributed by atoms with Crippen molar-refractivity contribution < 1.29 is 76.1 Å². The molecule has 2 unspecified atom stereocenters. The summed E-state index contributed by atoms with van der Waals surface area (Å²) in [5.74, 6) is 0.120. The molecule has 6 aromatic rings. The lowest BCUT2D eigenvalue weighted by Gasteiger charge is -2.26. The maximum atomic E-state index is 12.4. The Bertz CT molecular complexity index is 2610. The molecule has 0 spiro atoms. The van der Waals surface area contributed by atoms with Crippen molar-refractivity contribution >= 4 is 36.6 Å². The first-order chi connectivity index (χ1) is 33.1. The fourth-order valence-corrected chi connectivity index (χ4v) is 5.88. The summed E-state index contributed by atoms with van der Waals surface area (Å²) in [5.41, 5.74) is 4.13. The molecule has 69 heavy (non-hydrogen) atoms. The summed E-state index contributed by atoms with van der Waals surface area (Å²) in [6, 6.07) is 44.7. The van der Waals surface area contributed by atoms with Gasteiger partial charge in [0, 0.05) is 5.41 Å². The van der Waals surface area contributed by atoms with Crippen LogP contribution in [0.5, 0.6) is 28.7 Å². The predicted octanol–water partition coefficient (Wildman–Crippen LogP) is 11.0. The number of rotatable bonds is 15. The van der Waals surface area contributed by atoms with Crippen LogP contribution in [0, 0.1) is 6.92 Å². The molecule has 0 aliphatic carbocycles. The Hall–Kier alpha value is -8.66. The molecule has 0 aromatic heterocycles. The zero-order chi connectivity index (χ0) is 49.8. The minimum atomic E-state index is -1.19. The number of ether oxygens (including phenoxy) is 10. The van der Waals surface area contributed by atoms with Crippen LogP contribution in [0.25, 0.3) is 0 Å². The van der Waals surface area contributed by atoms with Gasteiger partial charge in [-0.3, -0.25) is 0 Å². The summed E-state index contributed by atoms with van der Waals surface area (Å²) < 4.78 is 50.2. The molecule has 0 bridgehead atoms. The van der Waals surface area contributed by atoms with Crippen LogP contribution in [0.15, 0.2) is 158 Å². The molecule has 0 aliphatic heterocycles. The molecule has 2 atom stereocenters. The number of aryl methyl sites for hydroxylation is 1. The van der Waals surface area contributed by atoms with E-state index in [-0.39, 0.29) is 24.7 Å². The van der Waals surface area contributed by atoms with Gasteiger partial charge in [-0.15, -0.1) is 0 Å². The molecule has 0 aliphatic rings. The Morgan fingerprint density at radius 2 is 0.739 bits per heavy atom. The van der Waals surface area contributed by atoms with Gasteiger partial charge in [-0.1, -0.05) is 116 Å². The van der Waals surface area contributed by atoms with E-state index in [2.05, 4.69) is 4.74 Å². The smallest absolute Gasteiger partial charge is 0.458 e. The van der Waals surface area contributed by atoms with Crippen molar-refractivity contribution in [3.63, 3.8) is 0 Å². The van der Waals surface area contributed by atoms with E-state index in [1.54, 1.807) is 97.1 Å². The van der Waals surface area contributed by atoms with Crippen molar-refractivity contribution in [3.05, 3.63) is 186 Å². The first-order valence-electron chi connectivity index (χ1n) is 21.3. The van der Waals surface area contributed by atoms with E-state index in [0.29, 0.717) is 22.8 Å². The number of para-hydroxylation sites is 2. The van der Waals surface area contributed by atoms with Crippen LogP contribution in [-0.2, 0) is 51.9 Å². The highest BCUT2D eigenvalue weighted by atomic mass is 16.7. The third kappa shape index (κ3) is 16.9. The second-order valence-corrected chi connectivity index (χ2v) is 15.4. The molecule has 0 radical (unpaired) electrons. The van der Waals surface area contributed by atoms with Crippen molar-refractivity contribution in [2.45, 2.75) is 65.5 Å². The fraction of sp³-hybridized carbons (Fsp3) is 0.208. The molecule has 0 saturated carbocycles. The SMILES string of the molecule is COC(=O)Oc1ccc(C(C)(C)c2ccc(OC(=O)Oc3ccc(COC(=O)C(C)OC(=O)Oc4ccccc4)cc3)cc2)cc1.Cc1ccc(COC(=O)C(C)OC(=O)Oc2ccccc2)cc1. The number of carbonyl (C=O) groups excluding carboxylic acids is 6. The first kappa shape index (κ1) is 51.3. The molecule has 6 rings (SSSR count). The van der Waals surface area contributed by atoms with E-state index in [1.807, 2.05) is 69.3 Å². The molecule has 0 saturated heterocycles. The summed E-state index contributed by atoms with van der Waals surface area (Å²) in [6.07, 6.45) is -5.93. The van der Waals surface area contributed by atoms with Crippen molar-refractivity contribution in [1.82, 2.24) is 0 Å².